The Labute approximate surface area is 171 Å². The minimum absolute atomic E-state index is 0.149. The number of nitrogens with one attached hydrogen (secondary N) is 1. The van der Waals surface area contributed by atoms with E-state index in [0.717, 1.165) is 28.6 Å². The van der Waals surface area contributed by atoms with Gasteiger partial charge in [-0.1, -0.05) is 18.2 Å². The molecular formula is C21H32N4O2S. The zero-order valence-corrected chi connectivity index (χ0v) is 18.4. The van der Waals surface area contributed by atoms with Gasteiger partial charge in [0.05, 0.1) is 5.69 Å². The maximum Gasteiger partial charge on any atom is 0.325 e. The number of aromatic nitrogens is 2. The molecule has 0 aromatic carbocycles. The average Bonchev–Trinajstić information content (AvgIpc) is 3.36. The van der Waals surface area contributed by atoms with Crippen molar-refractivity contribution < 1.29 is 9.59 Å². The molecule has 1 aromatic rings. The van der Waals surface area contributed by atoms with Gasteiger partial charge in [0.15, 0.2) is 5.16 Å². The molecule has 1 aromatic heterocycles. The van der Waals surface area contributed by atoms with E-state index in [2.05, 4.69) is 30.7 Å². The molecule has 4 atom stereocenters. The van der Waals surface area contributed by atoms with Gasteiger partial charge in [-0.2, -0.15) is 0 Å². The predicted octanol–water partition coefficient (Wildman–Crippen LogP) is 3.92. The van der Waals surface area contributed by atoms with Crippen LogP contribution in [0.4, 0.5) is 4.79 Å². The molecule has 2 saturated carbocycles. The fourth-order valence-electron chi connectivity index (χ4n) is 5.50. The Morgan fingerprint density at radius 2 is 2.00 bits per heavy atom. The molecule has 28 heavy (non-hydrogen) atoms. The van der Waals surface area contributed by atoms with Crippen LogP contribution in [0, 0.1) is 31.6 Å². The van der Waals surface area contributed by atoms with Crippen molar-refractivity contribution in [3.63, 3.8) is 0 Å². The summed E-state index contributed by atoms with van der Waals surface area (Å²) in [5.41, 5.74) is 1.52. The number of urea groups is 1. The lowest BCUT2D eigenvalue weighted by Crippen LogP contribution is -2.40. The predicted molar refractivity (Wildman–Crippen MR) is 110 cm³/mol. The van der Waals surface area contributed by atoms with Crippen LogP contribution < -0.4 is 5.32 Å². The highest BCUT2D eigenvalue weighted by atomic mass is 32.2. The summed E-state index contributed by atoms with van der Waals surface area (Å²) < 4.78 is 2.42. The largest absolute Gasteiger partial charge is 0.325 e. The molecule has 0 unspecified atom stereocenters. The molecule has 4 rings (SSSR count). The fraction of sp³-hybridized carbons (Fsp3) is 0.762. The highest BCUT2D eigenvalue weighted by Crippen LogP contribution is 2.52. The maximum atomic E-state index is 12.4. The van der Waals surface area contributed by atoms with Crippen LogP contribution in [0.5, 0.6) is 0 Å². The van der Waals surface area contributed by atoms with Crippen LogP contribution >= 0.6 is 11.8 Å². The highest BCUT2D eigenvalue weighted by Gasteiger charge is 2.44. The number of amides is 3. The quantitative estimate of drug-likeness (QED) is 0.576. The van der Waals surface area contributed by atoms with Gasteiger partial charge < -0.3 is 9.88 Å². The van der Waals surface area contributed by atoms with Gasteiger partial charge in [-0.05, 0) is 71.6 Å². The fourth-order valence-corrected chi connectivity index (χ4v) is 6.60. The first-order valence-corrected chi connectivity index (χ1v) is 11.5. The Morgan fingerprint density at radius 3 is 2.57 bits per heavy atom. The molecule has 1 saturated heterocycles. The van der Waals surface area contributed by atoms with Crippen molar-refractivity contribution in [2.24, 2.45) is 17.8 Å². The zero-order chi connectivity index (χ0) is 20.2. The van der Waals surface area contributed by atoms with Crippen molar-refractivity contribution >= 4 is 23.7 Å². The molecule has 1 aliphatic heterocycles. The zero-order valence-electron chi connectivity index (χ0n) is 17.6. The third kappa shape index (κ3) is 3.25. The molecule has 154 valence electrons. The second-order valence-corrected chi connectivity index (χ2v) is 10.4. The van der Waals surface area contributed by atoms with E-state index in [1.165, 1.54) is 36.3 Å². The first-order chi connectivity index (χ1) is 13.2. The molecule has 0 spiro atoms. The molecule has 1 N–H and O–H groups in total. The van der Waals surface area contributed by atoms with Gasteiger partial charge in [0.25, 0.3) is 5.91 Å². The number of aryl methyl sites for hydroxylation is 1. The van der Waals surface area contributed by atoms with Gasteiger partial charge in [-0.25, -0.2) is 9.78 Å². The van der Waals surface area contributed by atoms with E-state index in [-0.39, 0.29) is 11.9 Å². The number of carbonyl (C=O) groups excluding carboxylic acids is 2. The van der Waals surface area contributed by atoms with Crippen molar-refractivity contribution in [1.82, 2.24) is 19.8 Å². The van der Waals surface area contributed by atoms with Crippen LogP contribution in [0.3, 0.4) is 0 Å². The third-order valence-corrected chi connectivity index (χ3v) is 8.10. The summed E-state index contributed by atoms with van der Waals surface area (Å²) in [4.78, 5) is 30.6. The van der Waals surface area contributed by atoms with Gasteiger partial charge in [0.1, 0.15) is 5.54 Å². The van der Waals surface area contributed by atoms with Crippen molar-refractivity contribution in [2.75, 3.05) is 12.3 Å². The molecule has 3 fully saturated rings. The van der Waals surface area contributed by atoms with E-state index >= 15 is 0 Å². The van der Waals surface area contributed by atoms with E-state index in [1.807, 2.05) is 0 Å². The van der Waals surface area contributed by atoms with Crippen LogP contribution in [0.1, 0.15) is 63.9 Å². The Bertz CT molecular complexity index is 803. The number of imidazole rings is 1. The highest BCUT2D eigenvalue weighted by molar-refractivity contribution is 7.99. The number of rotatable bonds is 6. The summed E-state index contributed by atoms with van der Waals surface area (Å²) in [5, 5.41) is 3.77. The lowest BCUT2D eigenvalue weighted by atomic mass is 9.84. The molecule has 3 amide bonds. The molecular weight excluding hydrogens is 372 g/mol. The number of fused-ring (bicyclic) bond motifs is 2. The molecule has 2 bridgehead atoms. The molecule has 2 heterocycles. The minimum atomic E-state index is -0.802. The Morgan fingerprint density at radius 1 is 1.25 bits per heavy atom. The number of hydrogen-bond donors (Lipinski definition) is 1. The summed E-state index contributed by atoms with van der Waals surface area (Å²) in [6, 6.07) is 0.163. The first-order valence-electron chi connectivity index (χ1n) is 10.5. The standard InChI is InChI=1S/C21H32N4O2S/c1-12-13(2)25(14(3)17-11-15-6-7-16(17)10-15)20(22-12)28-9-8-24-18(26)21(4,5)23-19(24)27/h14-17H,6-11H2,1-5H3,(H,23,27)/t14-,15+,16+,17+/m1/s1. The van der Waals surface area contributed by atoms with Gasteiger partial charge in [-0.15, -0.1) is 0 Å². The van der Waals surface area contributed by atoms with Gasteiger partial charge in [0, 0.05) is 24.0 Å². The molecule has 6 nitrogen and oxygen atoms in total. The second-order valence-electron chi connectivity index (χ2n) is 9.37. The van der Waals surface area contributed by atoms with Gasteiger partial charge in [-0.3, -0.25) is 9.69 Å². The second kappa shape index (κ2) is 7.08. The van der Waals surface area contributed by atoms with Crippen LogP contribution in [-0.2, 0) is 4.79 Å². The topological polar surface area (TPSA) is 67.2 Å². The lowest BCUT2D eigenvalue weighted by molar-refractivity contribution is -0.130. The van der Waals surface area contributed by atoms with E-state index in [1.54, 1.807) is 25.6 Å². The number of imide groups is 1. The van der Waals surface area contributed by atoms with E-state index in [0.29, 0.717) is 18.3 Å². The monoisotopic (exact) mass is 404 g/mol. The molecule has 3 aliphatic rings. The SMILES string of the molecule is Cc1nc(SCCN2C(=O)NC(C)(C)C2=O)n([C@H](C)[C@@H]2C[C@H]3CC[C@H]2C3)c1C. The van der Waals surface area contributed by atoms with Crippen molar-refractivity contribution in [3.8, 4) is 0 Å². The van der Waals surface area contributed by atoms with Gasteiger partial charge in [0.2, 0.25) is 0 Å². The van der Waals surface area contributed by atoms with Crippen LogP contribution in [0.15, 0.2) is 5.16 Å². The minimum Gasteiger partial charge on any atom is -0.324 e. The average molecular weight is 405 g/mol. The summed E-state index contributed by atoms with van der Waals surface area (Å²) in [5.74, 6) is 3.06. The summed E-state index contributed by atoms with van der Waals surface area (Å²) in [6.07, 6.45) is 5.56. The normalized spacial score (nSPS) is 29.6. The van der Waals surface area contributed by atoms with E-state index in [9.17, 15) is 9.59 Å². The summed E-state index contributed by atoms with van der Waals surface area (Å²) >= 11 is 1.66. The van der Waals surface area contributed by atoms with E-state index in [4.69, 9.17) is 4.98 Å². The Hall–Kier alpha value is -1.50. The summed E-state index contributed by atoms with van der Waals surface area (Å²) in [6.45, 7) is 10.5. The molecule has 7 heteroatoms. The number of nitrogens with zero attached hydrogens (tertiary/aromatic N) is 3. The van der Waals surface area contributed by atoms with Crippen LogP contribution in [-0.4, -0.2) is 44.2 Å². The molecule has 2 aliphatic carbocycles. The van der Waals surface area contributed by atoms with Crippen molar-refractivity contribution in [1.29, 1.82) is 0 Å². The van der Waals surface area contributed by atoms with Crippen LogP contribution in [0.2, 0.25) is 0 Å². The van der Waals surface area contributed by atoms with Gasteiger partial charge >= 0.3 is 6.03 Å². The van der Waals surface area contributed by atoms with Crippen molar-refractivity contribution in [2.45, 2.75) is 77.0 Å². The number of carbonyl (C=O) groups is 2. The van der Waals surface area contributed by atoms with E-state index < -0.39 is 5.54 Å². The maximum absolute atomic E-state index is 12.4. The number of hydrogen-bond acceptors (Lipinski definition) is 4. The summed E-state index contributed by atoms with van der Waals surface area (Å²) in [7, 11) is 0. The third-order valence-electron chi connectivity index (χ3n) is 7.16. The van der Waals surface area contributed by atoms with Crippen LogP contribution in [0.25, 0.3) is 0 Å². The first kappa shape index (κ1) is 19.8. The Kier molecular flexibility index (Phi) is 5.01. The smallest absolute Gasteiger partial charge is 0.324 e. The lowest BCUT2D eigenvalue weighted by Gasteiger charge is -2.30. The number of thioether (sulfide) groups is 1. The Balaban J connectivity index is 1.45. The molecule has 0 radical (unpaired) electrons. The van der Waals surface area contributed by atoms with Crippen molar-refractivity contribution in [3.05, 3.63) is 11.4 Å².